The lowest BCUT2D eigenvalue weighted by Crippen LogP contribution is -2.49. The summed E-state index contributed by atoms with van der Waals surface area (Å²) in [7, 11) is 0. The molecule has 0 amide bonds. The van der Waals surface area contributed by atoms with E-state index >= 15 is 0 Å². The second kappa shape index (κ2) is 6.52. The van der Waals surface area contributed by atoms with Crippen LogP contribution in [-0.4, -0.2) is 66.9 Å². The van der Waals surface area contributed by atoms with Crippen molar-refractivity contribution in [3.8, 4) is 0 Å². The lowest BCUT2D eigenvalue weighted by Gasteiger charge is -2.31. The summed E-state index contributed by atoms with van der Waals surface area (Å²) < 4.78 is 5.32. The topological polar surface area (TPSA) is 27.7 Å². The molecule has 0 aromatic carbocycles. The van der Waals surface area contributed by atoms with Crippen molar-refractivity contribution in [2.75, 3.05) is 45.9 Å². The zero-order valence-corrected chi connectivity index (χ0v) is 11.5. The van der Waals surface area contributed by atoms with Gasteiger partial charge in [-0.05, 0) is 38.1 Å². The van der Waals surface area contributed by atoms with Gasteiger partial charge in [0.1, 0.15) is 0 Å². The second-order valence-corrected chi connectivity index (χ2v) is 5.10. The number of hydrogen-bond donors (Lipinski definition) is 1. The van der Waals surface area contributed by atoms with Crippen LogP contribution in [0, 0.1) is 0 Å². The highest BCUT2D eigenvalue weighted by Gasteiger charge is 2.23. The van der Waals surface area contributed by atoms with E-state index in [0.717, 1.165) is 44.5 Å². The highest BCUT2D eigenvalue weighted by molar-refractivity contribution is 7.80. The van der Waals surface area contributed by atoms with Gasteiger partial charge in [0, 0.05) is 25.7 Å². The van der Waals surface area contributed by atoms with Gasteiger partial charge in [-0.15, -0.1) is 0 Å². The molecule has 0 saturated carbocycles. The van der Waals surface area contributed by atoms with E-state index in [9.17, 15) is 0 Å². The molecular formula is C12H23N3OS. The number of likely N-dealkylation sites (N-methyl/N-ethyl adjacent to an activating group) is 1. The first kappa shape index (κ1) is 13.1. The van der Waals surface area contributed by atoms with Gasteiger partial charge >= 0.3 is 0 Å². The lowest BCUT2D eigenvalue weighted by molar-refractivity contribution is 0.0675. The Morgan fingerprint density at radius 1 is 1.35 bits per heavy atom. The number of hydrogen-bond acceptors (Lipinski definition) is 3. The van der Waals surface area contributed by atoms with Crippen molar-refractivity contribution in [3.05, 3.63) is 0 Å². The highest BCUT2D eigenvalue weighted by atomic mass is 32.1. The van der Waals surface area contributed by atoms with Gasteiger partial charge in [0.25, 0.3) is 0 Å². The van der Waals surface area contributed by atoms with Gasteiger partial charge in [-0.3, -0.25) is 4.90 Å². The Morgan fingerprint density at radius 2 is 2.12 bits per heavy atom. The van der Waals surface area contributed by atoms with Crippen molar-refractivity contribution >= 4 is 17.3 Å². The molecule has 17 heavy (non-hydrogen) atoms. The average Bonchev–Trinajstić information content (AvgIpc) is 2.84. The zero-order chi connectivity index (χ0) is 12.1. The van der Waals surface area contributed by atoms with Gasteiger partial charge in [-0.25, -0.2) is 0 Å². The number of likely N-dealkylation sites (tertiary alicyclic amines) is 1. The Kier molecular flexibility index (Phi) is 5.00. The molecule has 2 aliphatic heterocycles. The highest BCUT2D eigenvalue weighted by Crippen LogP contribution is 2.15. The third kappa shape index (κ3) is 3.53. The van der Waals surface area contributed by atoms with E-state index in [-0.39, 0.29) is 0 Å². The van der Waals surface area contributed by atoms with Crippen molar-refractivity contribution < 1.29 is 4.74 Å². The summed E-state index contributed by atoms with van der Waals surface area (Å²) in [6, 6.07) is 0.666. The molecule has 2 heterocycles. The number of thiocarbonyl (C=S) groups is 1. The quantitative estimate of drug-likeness (QED) is 0.751. The zero-order valence-electron chi connectivity index (χ0n) is 10.7. The number of morpholine rings is 1. The third-order valence-electron chi connectivity index (χ3n) is 3.69. The summed E-state index contributed by atoms with van der Waals surface area (Å²) in [4.78, 5) is 4.75. The summed E-state index contributed by atoms with van der Waals surface area (Å²) in [5.41, 5.74) is 0. The van der Waals surface area contributed by atoms with E-state index in [0.29, 0.717) is 6.04 Å². The van der Waals surface area contributed by atoms with Crippen LogP contribution >= 0.6 is 12.2 Å². The molecule has 1 atom stereocenters. The molecule has 1 N–H and O–H groups in total. The molecule has 0 aromatic rings. The van der Waals surface area contributed by atoms with E-state index < -0.39 is 0 Å². The third-order valence-corrected chi connectivity index (χ3v) is 4.09. The lowest BCUT2D eigenvalue weighted by atomic mass is 10.2. The maximum absolute atomic E-state index is 5.42. The van der Waals surface area contributed by atoms with Crippen molar-refractivity contribution in [2.45, 2.75) is 25.8 Å². The second-order valence-electron chi connectivity index (χ2n) is 4.71. The fraction of sp³-hybridized carbons (Fsp3) is 0.917. The first-order valence-corrected chi connectivity index (χ1v) is 7.06. The smallest absolute Gasteiger partial charge is 0.169 e. The summed E-state index contributed by atoms with van der Waals surface area (Å²) in [5.74, 6) is 0. The summed E-state index contributed by atoms with van der Waals surface area (Å²) in [6.07, 6.45) is 2.62. The predicted molar refractivity (Wildman–Crippen MR) is 73.3 cm³/mol. The number of rotatable bonds is 3. The fourth-order valence-corrected chi connectivity index (χ4v) is 2.89. The molecular weight excluding hydrogens is 234 g/mol. The van der Waals surface area contributed by atoms with Crippen molar-refractivity contribution in [1.82, 2.24) is 15.1 Å². The first-order valence-electron chi connectivity index (χ1n) is 6.66. The molecule has 2 saturated heterocycles. The Balaban J connectivity index is 1.71. The number of ether oxygens (including phenoxy) is 1. The Labute approximate surface area is 109 Å². The normalized spacial score (nSPS) is 26.2. The van der Waals surface area contributed by atoms with E-state index in [1.165, 1.54) is 19.4 Å². The minimum Gasteiger partial charge on any atom is -0.378 e. The summed E-state index contributed by atoms with van der Waals surface area (Å²) in [5, 5.41) is 4.32. The Morgan fingerprint density at radius 3 is 2.82 bits per heavy atom. The van der Waals surface area contributed by atoms with Gasteiger partial charge < -0.3 is 15.0 Å². The minimum absolute atomic E-state index is 0.666. The van der Waals surface area contributed by atoms with Crippen LogP contribution in [0.2, 0.25) is 0 Å². The molecule has 0 spiro atoms. The van der Waals surface area contributed by atoms with Gasteiger partial charge in [0.15, 0.2) is 5.11 Å². The van der Waals surface area contributed by atoms with Crippen molar-refractivity contribution in [3.63, 3.8) is 0 Å². The van der Waals surface area contributed by atoms with Gasteiger partial charge in [-0.1, -0.05) is 6.92 Å². The van der Waals surface area contributed by atoms with Crippen molar-refractivity contribution in [2.24, 2.45) is 0 Å². The van der Waals surface area contributed by atoms with Crippen LogP contribution in [0.5, 0.6) is 0 Å². The van der Waals surface area contributed by atoms with E-state index in [1.54, 1.807) is 0 Å². The summed E-state index contributed by atoms with van der Waals surface area (Å²) in [6.45, 7) is 9.06. The van der Waals surface area contributed by atoms with E-state index in [1.807, 2.05) is 0 Å². The number of nitrogens with zero attached hydrogens (tertiary/aromatic N) is 2. The van der Waals surface area contributed by atoms with Crippen LogP contribution in [0.25, 0.3) is 0 Å². The molecule has 0 radical (unpaired) electrons. The Bertz CT molecular complexity index is 256. The molecule has 5 heteroatoms. The molecule has 2 aliphatic rings. The van der Waals surface area contributed by atoms with Crippen LogP contribution in [0.4, 0.5) is 0 Å². The standard InChI is InChI=1S/C12H23N3OS/c1-2-14-5-3-4-11(14)10-13-12(17)15-6-8-16-9-7-15/h11H,2-10H2,1H3,(H,13,17). The SMILES string of the molecule is CCN1CCCC1CNC(=S)N1CCOCC1. The van der Waals surface area contributed by atoms with E-state index in [4.69, 9.17) is 17.0 Å². The average molecular weight is 257 g/mol. The predicted octanol–water partition coefficient (Wildman–Crippen LogP) is 0.677. The van der Waals surface area contributed by atoms with E-state index in [2.05, 4.69) is 22.0 Å². The number of nitrogens with one attached hydrogen (secondary N) is 1. The van der Waals surface area contributed by atoms with Crippen LogP contribution in [-0.2, 0) is 4.74 Å². The molecule has 2 rings (SSSR count). The molecule has 0 aliphatic carbocycles. The molecule has 4 nitrogen and oxygen atoms in total. The molecule has 0 bridgehead atoms. The van der Waals surface area contributed by atoms with Crippen LogP contribution in [0.1, 0.15) is 19.8 Å². The first-order chi connectivity index (χ1) is 8.31. The van der Waals surface area contributed by atoms with Crippen LogP contribution in [0.3, 0.4) is 0 Å². The van der Waals surface area contributed by atoms with Gasteiger partial charge in [-0.2, -0.15) is 0 Å². The minimum atomic E-state index is 0.666. The maximum atomic E-state index is 5.42. The van der Waals surface area contributed by atoms with Crippen molar-refractivity contribution in [1.29, 1.82) is 0 Å². The monoisotopic (exact) mass is 257 g/mol. The maximum Gasteiger partial charge on any atom is 0.169 e. The fourth-order valence-electron chi connectivity index (χ4n) is 2.63. The summed E-state index contributed by atoms with van der Waals surface area (Å²) >= 11 is 5.42. The Hall–Kier alpha value is -0.390. The van der Waals surface area contributed by atoms with Gasteiger partial charge in [0.2, 0.25) is 0 Å². The molecule has 98 valence electrons. The van der Waals surface area contributed by atoms with Crippen LogP contribution < -0.4 is 5.32 Å². The largest absolute Gasteiger partial charge is 0.378 e. The van der Waals surface area contributed by atoms with Gasteiger partial charge in [0.05, 0.1) is 13.2 Å². The molecule has 1 unspecified atom stereocenters. The molecule has 2 fully saturated rings. The molecule has 0 aromatic heterocycles. The van der Waals surface area contributed by atoms with Crippen LogP contribution in [0.15, 0.2) is 0 Å².